The lowest BCUT2D eigenvalue weighted by Crippen LogP contribution is -2.41. The van der Waals surface area contributed by atoms with Gasteiger partial charge in [0.15, 0.2) is 0 Å². The van der Waals surface area contributed by atoms with Crippen molar-refractivity contribution in [3.8, 4) is 5.75 Å². The number of likely N-dealkylation sites (N-methyl/N-ethyl adjacent to an activating group) is 1. The summed E-state index contributed by atoms with van der Waals surface area (Å²) in [6.45, 7) is 3.86. The monoisotopic (exact) mass is 349 g/mol. The maximum absolute atomic E-state index is 12.5. The Morgan fingerprint density at radius 1 is 1.36 bits per heavy atom. The van der Waals surface area contributed by atoms with E-state index >= 15 is 0 Å². The minimum absolute atomic E-state index is 0.0942. The van der Waals surface area contributed by atoms with Crippen LogP contribution in [0.2, 0.25) is 0 Å². The molecular formula is C18H27N3O4. The number of rotatable bonds is 6. The minimum atomic E-state index is -0.268. The molecule has 2 rings (SSSR count). The molecule has 0 aromatic heterocycles. The number of ether oxygens (including phenoxy) is 2. The average Bonchev–Trinajstić information content (AvgIpc) is 2.66. The Balaban J connectivity index is 2.05. The van der Waals surface area contributed by atoms with Gasteiger partial charge in [0, 0.05) is 32.4 Å². The van der Waals surface area contributed by atoms with E-state index in [1.54, 1.807) is 30.1 Å². The highest BCUT2D eigenvalue weighted by atomic mass is 16.5. The molecule has 1 aromatic rings. The summed E-state index contributed by atoms with van der Waals surface area (Å²) < 4.78 is 10.9. The molecule has 1 aliphatic rings. The van der Waals surface area contributed by atoms with Gasteiger partial charge in [-0.2, -0.15) is 0 Å². The van der Waals surface area contributed by atoms with Crippen molar-refractivity contribution in [2.45, 2.75) is 32.3 Å². The topological polar surface area (TPSA) is 79.9 Å². The number of amides is 3. The first kappa shape index (κ1) is 19.1. The van der Waals surface area contributed by atoms with E-state index in [2.05, 4.69) is 10.6 Å². The average molecular weight is 349 g/mol. The van der Waals surface area contributed by atoms with Crippen molar-refractivity contribution in [2.75, 3.05) is 39.2 Å². The minimum Gasteiger partial charge on any atom is -0.496 e. The van der Waals surface area contributed by atoms with Crippen molar-refractivity contribution in [1.82, 2.24) is 10.2 Å². The molecule has 3 amide bonds. The van der Waals surface area contributed by atoms with Gasteiger partial charge in [0.2, 0.25) is 0 Å². The van der Waals surface area contributed by atoms with E-state index in [4.69, 9.17) is 9.47 Å². The molecule has 0 bridgehead atoms. The Labute approximate surface area is 148 Å². The van der Waals surface area contributed by atoms with Crippen LogP contribution in [0, 0.1) is 0 Å². The highest BCUT2D eigenvalue weighted by Crippen LogP contribution is 2.23. The predicted molar refractivity (Wildman–Crippen MR) is 96.2 cm³/mol. The fraction of sp³-hybridized carbons (Fsp3) is 0.556. The second kappa shape index (κ2) is 9.27. The second-order valence-electron chi connectivity index (χ2n) is 5.95. The quantitative estimate of drug-likeness (QED) is 0.827. The van der Waals surface area contributed by atoms with E-state index in [-0.39, 0.29) is 18.0 Å². The molecule has 7 nitrogen and oxygen atoms in total. The van der Waals surface area contributed by atoms with E-state index in [0.29, 0.717) is 30.1 Å². The third-order valence-corrected chi connectivity index (χ3v) is 4.29. The molecule has 1 aromatic carbocycles. The lowest BCUT2D eigenvalue weighted by Gasteiger charge is -2.29. The first-order chi connectivity index (χ1) is 12.1. The number of benzene rings is 1. The smallest absolute Gasteiger partial charge is 0.321 e. The summed E-state index contributed by atoms with van der Waals surface area (Å²) in [5.41, 5.74) is 0.925. The lowest BCUT2D eigenvalue weighted by molar-refractivity contribution is 0.00221. The molecule has 0 radical (unpaired) electrons. The summed E-state index contributed by atoms with van der Waals surface area (Å²) >= 11 is 0. The number of methoxy groups -OCH3 is 1. The zero-order valence-corrected chi connectivity index (χ0v) is 15.1. The highest BCUT2D eigenvalue weighted by molar-refractivity contribution is 5.99. The van der Waals surface area contributed by atoms with E-state index in [0.717, 1.165) is 25.9 Å². The van der Waals surface area contributed by atoms with Crippen LogP contribution in [0.3, 0.4) is 0 Å². The molecule has 0 saturated carbocycles. The number of nitrogens with zero attached hydrogens (tertiary/aromatic N) is 1. The Hall–Kier alpha value is -2.28. The number of hydrogen-bond acceptors (Lipinski definition) is 4. The van der Waals surface area contributed by atoms with Crippen LogP contribution >= 0.6 is 0 Å². The first-order valence-electron chi connectivity index (χ1n) is 8.66. The zero-order chi connectivity index (χ0) is 18.2. The van der Waals surface area contributed by atoms with Crippen molar-refractivity contribution in [3.63, 3.8) is 0 Å². The van der Waals surface area contributed by atoms with Crippen LogP contribution in [0.1, 0.15) is 36.5 Å². The van der Waals surface area contributed by atoms with Gasteiger partial charge in [0.25, 0.3) is 5.91 Å². The molecule has 138 valence electrons. The van der Waals surface area contributed by atoms with Crippen LogP contribution in [0.4, 0.5) is 10.5 Å². The summed E-state index contributed by atoms with van der Waals surface area (Å²) in [5.74, 6) is 0.191. The van der Waals surface area contributed by atoms with Gasteiger partial charge in [-0.05, 0) is 44.4 Å². The number of carbonyl (C=O) groups is 2. The fourth-order valence-corrected chi connectivity index (χ4v) is 2.85. The van der Waals surface area contributed by atoms with Gasteiger partial charge in [-0.25, -0.2) is 4.79 Å². The van der Waals surface area contributed by atoms with Crippen molar-refractivity contribution >= 4 is 17.6 Å². The number of hydrogen-bond donors (Lipinski definition) is 2. The molecule has 1 aliphatic heterocycles. The summed E-state index contributed by atoms with van der Waals surface area (Å²) in [6, 6.07) is 4.79. The normalized spacial score (nSPS) is 16.8. The van der Waals surface area contributed by atoms with E-state index < -0.39 is 0 Å². The summed E-state index contributed by atoms with van der Waals surface area (Å²) in [5, 5.41) is 5.42. The standard InChI is InChI=1S/C18H27N3O4/c1-4-21(12-14-7-5-6-10-25-14)18(23)20-13-8-9-16(24-3)15(11-13)17(22)19-2/h8-9,11,14H,4-7,10,12H2,1-3H3,(H,19,22)(H,20,23). The number of urea groups is 1. The van der Waals surface area contributed by atoms with E-state index in [1.165, 1.54) is 7.11 Å². The Bertz CT molecular complexity index is 600. The summed E-state index contributed by atoms with van der Waals surface area (Å²) in [4.78, 5) is 26.2. The molecule has 0 aliphatic carbocycles. The molecule has 2 N–H and O–H groups in total. The van der Waals surface area contributed by atoms with Crippen LogP contribution in [0.25, 0.3) is 0 Å². The first-order valence-corrected chi connectivity index (χ1v) is 8.66. The molecule has 0 spiro atoms. The molecule has 1 saturated heterocycles. The SMILES string of the molecule is CCN(CC1CCCCO1)C(=O)Nc1ccc(OC)c(C(=O)NC)c1. The van der Waals surface area contributed by atoms with E-state index in [1.807, 2.05) is 6.92 Å². The van der Waals surface area contributed by atoms with Gasteiger partial charge in [-0.3, -0.25) is 4.79 Å². The maximum atomic E-state index is 12.5. The largest absolute Gasteiger partial charge is 0.496 e. The number of anilines is 1. The summed E-state index contributed by atoms with van der Waals surface area (Å²) in [7, 11) is 3.05. The fourth-order valence-electron chi connectivity index (χ4n) is 2.85. The Morgan fingerprint density at radius 2 is 2.16 bits per heavy atom. The van der Waals surface area contributed by atoms with Gasteiger partial charge in [0.05, 0.1) is 18.8 Å². The van der Waals surface area contributed by atoms with Gasteiger partial charge in [-0.15, -0.1) is 0 Å². The van der Waals surface area contributed by atoms with Crippen LogP contribution in [-0.4, -0.2) is 56.8 Å². The van der Waals surface area contributed by atoms with Crippen molar-refractivity contribution in [1.29, 1.82) is 0 Å². The molecule has 25 heavy (non-hydrogen) atoms. The van der Waals surface area contributed by atoms with E-state index in [9.17, 15) is 9.59 Å². The molecule has 1 atom stereocenters. The second-order valence-corrected chi connectivity index (χ2v) is 5.95. The third-order valence-electron chi connectivity index (χ3n) is 4.29. The molecule has 1 fully saturated rings. The van der Waals surface area contributed by atoms with Crippen molar-refractivity contribution in [2.24, 2.45) is 0 Å². The van der Waals surface area contributed by atoms with Crippen LogP contribution in [-0.2, 0) is 4.74 Å². The van der Waals surface area contributed by atoms with Crippen LogP contribution in [0.5, 0.6) is 5.75 Å². The van der Waals surface area contributed by atoms with Gasteiger partial charge < -0.3 is 25.0 Å². The molecular weight excluding hydrogens is 322 g/mol. The van der Waals surface area contributed by atoms with Crippen LogP contribution in [0.15, 0.2) is 18.2 Å². The summed E-state index contributed by atoms with van der Waals surface area (Å²) in [6.07, 6.45) is 3.30. The Morgan fingerprint density at radius 3 is 2.76 bits per heavy atom. The van der Waals surface area contributed by atoms with Crippen molar-refractivity contribution in [3.05, 3.63) is 23.8 Å². The lowest BCUT2D eigenvalue weighted by atomic mass is 10.1. The van der Waals surface area contributed by atoms with Gasteiger partial charge in [-0.1, -0.05) is 0 Å². The zero-order valence-electron chi connectivity index (χ0n) is 15.1. The molecule has 1 heterocycles. The Kier molecular flexibility index (Phi) is 7.06. The maximum Gasteiger partial charge on any atom is 0.321 e. The highest BCUT2D eigenvalue weighted by Gasteiger charge is 2.21. The molecule has 7 heteroatoms. The predicted octanol–water partition coefficient (Wildman–Crippen LogP) is 2.48. The third kappa shape index (κ3) is 5.09. The number of carbonyl (C=O) groups excluding carboxylic acids is 2. The number of nitrogens with one attached hydrogen (secondary N) is 2. The van der Waals surface area contributed by atoms with Gasteiger partial charge >= 0.3 is 6.03 Å². The van der Waals surface area contributed by atoms with Crippen molar-refractivity contribution < 1.29 is 19.1 Å². The molecule has 1 unspecified atom stereocenters. The van der Waals surface area contributed by atoms with Crippen LogP contribution < -0.4 is 15.4 Å². The van der Waals surface area contributed by atoms with Gasteiger partial charge in [0.1, 0.15) is 5.75 Å².